The van der Waals surface area contributed by atoms with Gasteiger partial charge in [-0.05, 0) is 37.0 Å². The molecule has 1 aromatic carbocycles. The van der Waals surface area contributed by atoms with E-state index in [1.54, 1.807) is 17.1 Å². The van der Waals surface area contributed by atoms with Gasteiger partial charge in [-0.2, -0.15) is 5.10 Å². The van der Waals surface area contributed by atoms with Crippen LogP contribution in [0.3, 0.4) is 0 Å². The highest BCUT2D eigenvalue weighted by Crippen LogP contribution is 2.31. The number of nitrogens with zero attached hydrogens (tertiary/aromatic N) is 2. The molecular formula is C15H18BrClN4O. The second kappa shape index (κ2) is 7.26. The molecule has 3 rings (SSSR count). The van der Waals surface area contributed by atoms with E-state index in [0.717, 1.165) is 10.2 Å². The standard InChI is InChI=1S/C15H17BrN4O.ClH/c16-12-2-1-3-13(6-12)20-9-11(7-19-20)15(21)18-8-14(17)10-4-5-10;/h1-3,6-7,9-10,14H,4-5,8,17H2,(H,18,21);1H. The summed E-state index contributed by atoms with van der Waals surface area (Å²) in [4.78, 5) is 12.1. The second-order valence-electron chi connectivity index (χ2n) is 5.36. The molecule has 1 atom stereocenters. The molecule has 0 aliphatic heterocycles. The Labute approximate surface area is 143 Å². The lowest BCUT2D eigenvalue weighted by atomic mass is 10.2. The first-order chi connectivity index (χ1) is 10.1. The summed E-state index contributed by atoms with van der Waals surface area (Å²) < 4.78 is 2.65. The van der Waals surface area contributed by atoms with Gasteiger partial charge in [0.1, 0.15) is 0 Å². The summed E-state index contributed by atoms with van der Waals surface area (Å²) in [5.74, 6) is 0.446. The largest absolute Gasteiger partial charge is 0.350 e. The molecule has 1 aliphatic rings. The van der Waals surface area contributed by atoms with Crippen molar-refractivity contribution in [2.45, 2.75) is 18.9 Å². The van der Waals surface area contributed by atoms with Crippen molar-refractivity contribution in [1.82, 2.24) is 15.1 Å². The summed E-state index contributed by atoms with van der Waals surface area (Å²) in [5.41, 5.74) is 7.42. The Morgan fingerprint density at radius 2 is 2.27 bits per heavy atom. The van der Waals surface area contributed by atoms with Crippen molar-refractivity contribution in [2.75, 3.05) is 6.54 Å². The number of carbonyl (C=O) groups is 1. The Morgan fingerprint density at radius 3 is 2.95 bits per heavy atom. The van der Waals surface area contributed by atoms with Gasteiger partial charge in [-0.25, -0.2) is 4.68 Å². The number of aromatic nitrogens is 2. The van der Waals surface area contributed by atoms with Gasteiger partial charge in [-0.3, -0.25) is 4.79 Å². The SMILES string of the molecule is Cl.NC(CNC(=O)c1cnn(-c2cccc(Br)c2)c1)C1CC1. The first kappa shape index (κ1) is 17.0. The maximum absolute atomic E-state index is 12.1. The second-order valence-corrected chi connectivity index (χ2v) is 6.28. The minimum atomic E-state index is -0.132. The van der Waals surface area contributed by atoms with Crippen LogP contribution in [-0.2, 0) is 0 Å². The van der Waals surface area contributed by atoms with Crippen molar-refractivity contribution in [1.29, 1.82) is 0 Å². The van der Waals surface area contributed by atoms with Crippen molar-refractivity contribution in [3.63, 3.8) is 0 Å². The van der Waals surface area contributed by atoms with Gasteiger partial charge in [0.25, 0.3) is 5.91 Å². The lowest BCUT2D eigenvalue weighted by Crippen LogP contribution is -2.38. The van der Waals surface area contributed by atoms with E-state index in [2.05, 4.69) is 26.3 Å². The van der Waals surface area contributed by atoms with Gasteiger partial charge in [0.15, 0.2) is 0 Å². The number of nitrogens with two attached hydrogens (primary N) is 1. The number of halogens is 2. The minimum absolute atomic E-state index is 0. The third kappa shape index (κ3) is 4.09. The van der Waals surface area contributed by atoms with E-state index in [-0.39, 0.29) is 24.4 Å². The van der Waals surface area contributed by atoms with E-state index in [1.807, 2.05) is 24.3 Å². The van der Waals surface area contributed by atoms with Crippen molar-refractivity contribution in [3.8, 4) is 5.69 Å². The predicted octanol–water partition coefficient (Wildman–Crippen LogP) is 2.52. The monoisotopic (exact) mass is 384 g/mol. The summed E-state index contributed by atoms with van der Waals surface area (Å²) in [7, 11) is 0. The lowest BCUT2D eigenvalue weighted by Gasteiger charge is -2.10. The number of amides is 1. The molecule has 1 heterocycles. The van der Waals surface area contributed by atoms with Crippen LogP contribution in [-0.4, -0.2) is 28.3 Å². The van der Waals surface area contributed by atoms with Crippen LogP contribution in [0, 0.1) is 5.92 Å². The van der Waals surface area contributed by atoms with Gasteiger partial charge in [0.2, 0.25) is 0 Å². The third-order valence-corrected chi connectivity index (χ3v) is 4.14. The Morgan fingerprint density at radius 1 is 1.50 bits per heavy atom. The molecule has 7 heteroatoms. The molecule has 3 N–H and O–H groups in total. The molecule has 1 aliphatic carbocycles. The van der Waals surface area contributed by atoms with E-state index in [1.165, 1.54) is 12.8 Å². The number of benzene rings is 1. The molecule has 1 unspecified atom stereocenters. The number of nitrogens with one attached hydrogen (secondary N) is 1. The third-order valence-electron chi connectivity index (χ3n) is 3.64. The van der Waals surface area contributed by atoms with Crippen LogP contribution in [0.25, 0.3) is 5.69 Å². The quantitative estimate of drug-likeness (QED) is 0.830. The molecular weight excluding hydrogens is 368 g/mol. The van der Waals surface area contributed by atoms with Crippen LogP contribution in [0.1, 0.15) is 23.2 Å². The number of hydrogen-bond acceptors (Lipinski definition) is 3. The molecule has 1 aromatic heterocycles. The zero-order valence-corrected chi connectivity index (χ0v) is 14.3. The van der Waals surface area contributed by atoms with Gasteiger partial charge >= 0.3 is 0 Å². The summed E-state index contributed by atoms with van der Waals surface area (Å²) in [6, 6.07) is 7.81. The smallest absolute Gasteiger partial charge is 0.254 e. The molecule has 1 fully saturated rings. The van der Waals surface area contributed by atoms with Crippen molar-refractivity contribution >= 4 is 34.2 Å². The molecule has 0 spiro atoms. The van der Waals surface area contributed by atoms with Gasteiger partial charge in [0.05, 0.1) is 17.4 Å². The fourth-order valence-electron chi connectivity index (χ4n) is 2.20. The molecule has 0 saturated heterocycles. The summed E-state index contributed by atoms with van der Waals surface area (Å²) in [5, 5.41) is 7.10. The topological polar surface area (TPSA) is 72.9 Å². The summed E-state index contributed by atoms with van der Waals surface area (Å²) in [6.45, 7) is 0.519. The Kier molecular flexibility index (Phi) is 5.61. The summed E-state index contributed by atoms with van der Waals surface area (Å²) >= 11 is 3.42. The maximum Gasteiger partial charge on any atom is 0.254 e. The Balaban J connectivity index is 0.00000176. The molecule has 1 saturated carbocycles. The first-order valence-electron chi connectivity index (χ1n) is 6.98. The zero-order chi connectivity index (χ0) is 14.8. The van der Waals surface area contributed by atoms with E-state index >= 15 is 0 Å². The first-order valence-corrected chi connectivity index (χ1v) is 7.77. The fourth-order valence-corrected chi connectivity index (χ4v) is 2.59. The molecule has 0 bridgehead atoms. The highest BCUT2D eigenvalue weighted by molar-refractivity contribution is 9.10. The number of hydrogen-bond donors (Lipinski definition) is 2. The average Bonchev–Trinajstić information content (AvgIpc) is 3.21. The molecule has 22 heavy (non-hydrogen) atoms. The van der Waals surface area contributed by atoms with Crippen molar-refractivity contribution in [2.24, 2.45) is 11.7 Å². The van der Waals surface area contributed by atoms with Gasteiger partial charge in [-0.15, -0.1) is 12.4 Å². The Hall–Kier alpha value is -1.37. The predicted molar refractivity (Wildman–Crippen MR) is 91.5 cm³/mol. The van der Waals surface area contributed by atoms with Crippen LogP contribution in [0.4, 0.5) is 0 Å². The fraction of sp³-hybridized carbons (Fsp3) is 0.333. The van der Waals surface area contributed by atoms with Crippen LogP contribution >= 0.6 is 28.3 Å². The van der Waals surface area contributed by atoms with E-state index in [4.69, 9.17) is 5.73 Å². The van der Waals surface area contributed by atoms with E-state index < -0.39 is 0 Å². The molecule has 1 amide bonds. The van der Waals surface area contributed by atoms with Crippen molar-refractivity contribution < 1.29 is 4.79 Å². The molecule has 2 aromatic rings. The number of rotatable bonds is 5. The van der Waals surface area contributed by atoms with Gasteiger partial charge in [0, 0.05) is 23.3 Å². The van der Waals surface area contributed by atoms with Crippen LogP contribution in [0.15, 0.2) is 41.1 Å². The highest BCUT2D eigenvalue weighted by Gasteiger charge is 2.28. The normalized spacial score (nSPS) is 15.0. The van der Waals surface area contributed by atoms with Crippen LogP contribution in [0.2, 0.25) is 0 Å². The van der Waals surface area contributed by atoms with Crippen LogP contribution in [0.5, 0.6) is 0 Å². The minimum Gasteiger partial charge on any atom is -0.350 e. The molecule has 5 nitrogen and oxygen atoms in total. The van der Waals surface area contributed by atoms with E-state index in [0.29, 0.717) is 18.0 Å². The van der Waals surface area contributed by atoms with Gasteiger partial charge < -0.3 is 11.1 Å². The number of carbonyl (C=O) groups excluding carboxylic acids is 1. The summed E-state index contributed by atoms with van der Waals surface area (Å²) in [6.07, 6.45) is 5.65. The van der Waals surface area contributed by atoms with E-state index in [9.17, 15) is 4.79 Å². The zero-order valence-electron chi connectivity index (χ0n) is 11.9. The van der Waals surface area contributed by atoms with Crippen LogP contribution < -0.4 is 11.1 Å². The Bertz CT molecular complexity index is 656. The molecule has 0 radical (unpaired) electrons. The molecule has 118 valence electrons. The van der Waals surface area contributed by atoms with Crippen molar-refractivity contribution in [3.05, 3.63) is 46.7 Å². The maximum atomic E-state index is 12.1. The highest BCUT2D eigenvalue weighted by atomic mass is 79.9. The van der Waals surface area contributed by atoms with Gasteiger partial charge in [-0.1, -0.05) is 22.0 Å². The average molecular weight is 386 g/mol. The lowest BCUT2D eigenvalue weighted by molar-refractivity contribution is 0.0950.